The van der Waals surface area contributed by atoms with E-state index in [1.165, 1.54) is 6.07 Å². The van der Waals surface area contributed by atoms with Crippen molar-refractivity contribution >= 4 is 21.8 Å². The van der Waals surface area contributed by atoms with Crippen LogP contribution in [0.25, 0.3) is 0 Å². The van der Waals surface area contributed by atoms with E-state index < -0.39 is 0 Å². The van der Waals surface area contributed by atoms with Crippen LogP contribution in [-0.4, -0.2) is 40.7 Å². The Morgan fingerprint density at radius 1 is 1.50 bits per heavy atom. The first kappa shape index (κ1) is 13.4. The molecule has 5 heteroatoms. The lowest BCUT2D eigenvalue weighted by Crippen LogP contribution is -2.39. The third-order valence-corrected chi connectivity index (χ3v) is 3.77. The number of carbonyl (C=O) groups excluding carboxylic acids is 1. The predicted octanol–water partition coefficient (Wildman–Crippen LogP) is 2.00. The van der Waals surface area contributed by atoms with Crippen LogP contribution in [0.1, 0.15) is 23.2 Å². The summed E-state index contributed by atoms with van der Waals surface area (Å²) in [5.74, 6) is 0.155. The topological polar surface area (TPSA) is 60.8 Å². The van der Waals surface area contributed by atoms with E-state index in [-0.39, 0.29) is 17.8 Å². The van der Waals surface area contributed by atoms with Crippen molar-refractivity contribution in [3.63, 3.8) is 0 Å². The van der Waals surface area contributed by atoms with Gasteiger partial charge in [0.2, 0.25) is 0 Å². The number of hydrogen-bond acceptors (Lipinski definition) is 3. The highest BCUT2D eigenvalue weighted by Crippen LogP contribution is 2.29. The maximum absolute atomic E-state index is 12.2. The largest absolute Gasteiger partial charge is 0.507 e. The SMILES string of the molecule is CN(CC1CC(O)C1)C(=O)c1cc(Br)ccc1O. The molecule has 1 fully saturated rings. The second-order valence-corrected chi connectivity index (χ2v) is 5.75. The van der Waals surface area contributed by atoms with Crippen molar-refractivity contribution in [2.45, 2.75) is 18.9 Å². The number of nitrogens with zero attached hydrogens (tertiary/aromatic N) is 1. The lowest BCUT2D eigenvalue weighted by atomic mass is 9.82. The summed E-state index contributed by atoms with van der Waals surface area (Å²) in [5.41, 5.74) is 0.298. The Balaban J connectivity index is 2.03. The van der Waals surface area contributed by atoms with Crippen LogP contribution in [0.4, 0.5) is 0 Å². The van der Waals surface area contributed by atoms with Crippen LogP contribution in [-0.2, 0) is 0 Å². The van der Waals surface area contributed by atoms with E-state index in [1.807, 2.05) is 0 Å². The number of benzene rings is 1. The van der Waals surface area contributed by atoms with Gasteiger partial charge in [-0.2, -0.15) is 0 Å². The molecular weight excluding hydrogens is 298 g/mol. The zero-order valence-electron chi connectivity index (χ0n) is 10.1. The number of carbonyl (C=O) groups is 1. The first-order valence-corrected chi connectivity index (χ1v) is 6.68. The Bertz CT molecular complexity index is 458. The van der Waals surface area contributed by atoms with Crippen LogP contribution in [0.3, 0.4) is 0 Å². The molecule has 2 N–H and O–H groups in total. The third-order valence-electron chi connectivity index (χ3n) is 3.28. The molecule has 98 valence electrons. The lowest BCUT2D eigenvalue weighted by molar-refractivity contribution is 0.0264. The zero-order chi connectivity index (χ0) is 13.3. The van der Waals surface area contributed by atoms with Gasteiger partial charge in [-0.15, -0.1) is 0 Å². The summed E-state index contributed by atoms with van der Waals surface area (Å²) in [6.07, 6.45) is 1.29. The fourth-order valence-corrected chi connectivity index (χ4v) is 2.57. The molecular formula is C13H16BrNO3. The number of aliphatic hydroxyl groups excluding tert-OH is 1. The van der Waals surface area contributed by atoms with Gasteiger partial charge in [-0.25, -0.2) is 0 Å². The molecule has 18 heavy (non-hydrogen) atoms. The molecule has 4 nitrogen and oxygen atoms in total. The average Bonchev–Trinajstić information content (AvgIpc) is 2.29. The molecule has 1 saturated carbocycles. The minimum absolute atomic E-state index is 0.0105. The third kappa shape index (κ3) is 2.84. The molecule has 0 heterocycles. The number of hydrogen-bond donors (Lipinski definition) is 2. The van der Waals surface area contributed by atoms with Crippen LogP contribution in [0, 0.1) is 5.92 Å². The molecule has 0 aliphatic heterocycles. The fraction of sp³-hybridized carbons (Fsp3) is 0.462. The van der Waals surface area contributed by atoms with E-state index in [1.54, 1.807) is 24.1 Å². The van der Waals surface area contributed by atoms with E-state index in [2.05, 4.69) is 15.9 Å². The Hall–Kier alpha value is -1.07. The quantitative estimate of drug-likeness (QED) is 0.897. The van der Waals surface area contributed by atoms with Gasteiger partial charge in [0.1, 0.15) is 5.75 Å². The van der Waals surface area contributed by atoms with Crippen molar-refractivity contribution in [1.29, 1.82) is 0 Å². The van der Waals surface area contributed by atoms with Crippen molar-refractivity contribution in [3.05, 3.63) is 28.2 Å². The molecule has 0 radical (unpaired) electrons. The van der Waals surface area contributed by atoms with E-state index in [4.69, 9.17) is 0 Å². The molecule has 2 rings (SSSR count). The van der Waals surface area contributed by atoms with E-state index in [0.29, 0.717) is 18.0 Å². The number of halogens is 1. The minimum atomic E-state index is -0.210. The Labute approximate surface area is 114 Å². The van der Waals surface area contributed by atoms with E-state index >= 15 is 0 Å². The summed E-state index contributed by atoms with van der Waals surface area (Å²) in [4.78, 5) is 13.8. The molecule has 0 aromatic heterocycles. The summed E-state index contributed by atoms with van der Waals surface area (Å²) in [5, 5.41) is 18.9. The highest BCUT2D eigenvalue weighted by molar-refractivity contribution is 9.10. The van der Waals surface area contributed by atoms with Gasteiger partial charge in [-0.05, 0) is 37.0 Å². The van der Waals surface area contributed by atoms with Crippen LogP contribution < -0.4 is 0 Å². The number of amides is 1. The monoisotopic (exact) mass is 313 g/mol. The number of aromatic hydroxyl groups is 1. The number of phenols is 1. The highest BCUT2D eigenvalue weighted by Gasteiger charge is 2.29. The maximum atomic E-state index is 12.2. The molecule has 0 spiro atoms. The van der Waals surface area contributed by atoms with Gasteiger partial charge in [0.05, 0.1) is 11.7 Å². The molecule has 1 amide bonds. The number of aliphatic hydroxyl groups is 1. The summed E-state index contributed by atoms with van der Waals surface area (Å²) < 4.78 is 0.760. The van der Waals surface area contributed by atoms with E-state index in [0.717, 1.165) is 17.3 Å². The average molecular weight is 314 g/mol. The van der Waals surface area contributed by atoms with Gasteiger partial charge < -0.3 is 15.1 Å². The number of rotatable bonds is 3. The second kappa shape index (κ2) is 5.28. The molecule has 1 aliphatic carbocycles. The summed E-state index contributed by atoms with van der Waals surface area (Å²) in [7, 11) is 1.72. The summed E-state index contributed by atoms with van der Waals surface area (Å²) in [6, 6.07) is 4.80. The standard InChI is InChI=1S/C13H16BrNO3/c1-15(7-8-4-10(16)5-8)13(18)11-6-9(14)2-3-12(11)17/h2-3,6,8,10,16-17H,4-5,7H2,1H3. The van der Waals surface area contributed by atoms with Crippen molar-refractivity contribution in [2.24, 2.45) is 5.92 Å². The van der Waals surface area contributed by atoms with Crippen LogP contribution in [0.15, 0.2) is 22.7 Å². The maximum Gasteiger partial charge on any atom is 0.257 e. The minimum Gasteiger partial charge on any atom is -0.507 e. The molecule has 0 bridgehead atoms. The lowest BCUT2D eigenvalue weighted by Gasteiger charge is -2.34. The van der Waals surface area contributed by atoms with Crippen molar-refractivity contribution in [3.8, 4) is 5.75 Å². The molecule has 0 atom stereocenters. The molecule has 1 aliphatic rings. The van der Waals surface area contributed by atoms with Crippen LogP contribution >= 0.6 is 15.9 Å². The zero-order valence-corrected chi connectivity index (χ0v) is 11.7. The summed E-state index contributed by atoms with van der Waals surface area (Å²) in [6.45, 7) is 0.613. The van der Waals surface area contributed by atoms with Gasteiger partial charge in [0.25, 0.3) is 5.91 Å². The van der Waals surface area contributed by atoms with Crippen molar-refractivity contribution in [2.75, 3.05) is 13.6 Å². The molecule has 0 saturated heterocycles. The number of phenolic OH excluding ortho intramolecular Hbond substituents is 1. The van der Waals surface area contributed by atoms with Crippen molar-refractivity contribution in [1.82, 2.24) is 4.90 Å². The smallest absolute Gasteiger partial charge is 0.257 e. The van der Waals surface area contributed by atoms with Gasteiger partial charge in [-0.3, -0.25) is 4.79 Å². The molecule has 1 aromatic rings. The first-order valence-electron chi connectivity index (χ1n) is 5.89. The Morgan fingerprint density at radius 2 is 2.17 bits per heavy atom. The Morgan fingerprint density at radius 3 is 2.78 bits per heavy atom. The fourth-order valence-electron chi connectivity index (χ4n) is 2.20. The highest BCUT2D eigenvalue weighted by atomic mass is 79.9. The first-order chi connectivity index (χ1) is 8.47. The van der Waals surface area contributed by atoms with E-state index in [9.17, 15) is 15.0 Å². The normalized spacial score (nSPS) is 22.4. The van der Waals surface area contributed by atoms with Gasteiger partial charge in [0, 0.05) is 18.1 Å². The van der Waals surface area contributed by atoms with Gasteiger partial charge in [-0.1, -0.05) is 15.9 Å². The van der Waals surface area contributed by atoms with Gasteiger partial charge in [0.15, 0.2) is 0 Å². The molecule has 1 aromatic carbocycles. The predicted molar refractivity (Wildman–Crippen MR) is 71.5 cm³/mol. The second-order valence-electron chi connectivity index (χ2n) is 4.84. The Kier molecular flexibility index (Phi) is 3.92. The molecule has 0 unspecified atom stereocenters. The summed E-state index contributed by atoms with van der Waals surface area (Å²) >= 11 is 3.28. The van der Waals surface area contributed by atoms with Gasteiger partial charge >= 0.3 is 0 Å². The van der Waals surface area contributed by atoms with Crippen LogP contribution in [0.2, 0.25) is 0 Å². The van der Waals surface area contributed by atoms with Crippen molar-refractivity contribution < 1.29 is 15.0 Å². The van der Waals surface area contributed by atoms with Crippen LogP contribution in [0.5, 0.6) is 5.75 Å².